The van der Waals surface area contributed by atoms with Crippen molar-refractivity contribution >= 4 is 15.9 Å². The minimum Gasteiger partial charge on any atom is -0.311 e. The minimum absolute atomic E-state index is 0.365. The Bertz CT molecular complexity index is 397. The number of likely N-dealkylation sites (N-methyl/N-ethyl adjacent to an activating group) is 1. The molecule has 1 N–H and O–H groups in total. The van der Waals surface area contributed by atoms with Crippen molar-refractivity contribution < 1.29 is 0 Å². The Balaban J connectivity index is 1.89. The van der Waals surface area contributed by atoms with Crippen LogP contribution in [0.15, 0.2) is 28.7 Å². The Morgan fingerprint density at radius 2 is 1.95 bits per heavy atom. The summed E-state index contributed by atoms with van der Waals surface area (Å²) < 4.78 is 1.16. The molecule has 106 valence electrons. The summed E-state index contributed by atoms with van der Waals surface area (Å²) in [5, 5.41) is 3.66. The third kappa shape index (κ3) is 4.04. The summed E-state index contributed by atoms with van der Waals surface area (Å²) in [5.41, 5.74) is 1.71. The highest BCUT2D eigenvalue weighted by Gasteiger charge is 2.33. The first-order valence-electron chi connectivity index (χ1n) is 7.25. The first kappa shape index (κ1) is 15.0. The van der Waals surface area contributed by atoms with E-state index in [1.54, 1.807) is 0 Å². The number of hydrogen-bond acceptors (Lipinski definition) is 2. The second kappa shape index (κ2) is 6.87. The summed E-state index contributed by atoms with van der Waals surface area (Å²) in [7, 11) is 4.46. The summed E-state index contributed by atoms with van der Waals surface area (Å²) >= 11 is 3.53. The largest absolute Gasteiger partial charge is 0.311 e. The smallest absolute Gasteiger partial charge is 0.0328 e. The maximum absolute atomic E-state index is 3.66. The van der Waals surface area contributed by atoms with Gasteiger partial charge in [0.2, 0.25) is 0 Å². The Morgan fingerprint density at radius 3 is 2.58 bits per heavy atom. The number of nitrogens with zero attached hydrogens (tertiary/aromatic N) is 1. The van der Waals surface area contributed by atoms with Gasteiger partial charge in [0.25, 0.3) is 0 Å². The van der Waals surface area contributed by atoms with E-state index in [0.717, 1.165) is 17.6 Å². The first-order valence-corrected chi connectivity index (χ1v) is 8.04. The predicted molar refractivity (Wildman–Crippen MR) is 85.4 cm³/mol. The zero-order chi connectivity index (χ0) is 13.7. The molecule has 0 saturated heterocycles. The molecule has 0 radical (unpaired) electrons. The lowest BCUT2D eigenvalue weighted by Gasteiger charge is -2.43. The van der Waals surface area contributed by atoms with Crippen molar-refractivity contribution in [3.05, 3.63) is 34.3 Å². The molecule has 1 saturated carbocycles. The van der Waals surface area contributed by atoms with Gasteiger partial charge in [-0.1, -0.05) is 47.3 Å². The normalized spacial score (nSPS) is 18.7. The number of nitrogens with one attached hydrogen (secondary N) is 1. The van der Waals surface area contributed by atoms with Crippen LogP contribution in [0.3, 0.4) is 0 Å². The van der Waals surface area contributed by atoms with Gasteiger partial charge in [-0.2, -0.15) is 0 Å². The Labute approximate surface area is 125 Å². The second-order valence-electron chi connectivity index (χ2n) is 5.91. The van der Waals surface area contributed by atoms with Gasteiger partial charge in [-0.05, 0) is 44.6 Å². The molecule has 1 aromatic rings. The van der Waals surface area contributed by atoms with Crippen LogP contribution in [-0.2, 0) is 6.54 Å². The van der Waals surface area contributed by atoms with Crippen LogP contribution in [0.2, 0.25) is 0 Å². The molecule has 0 atom stereocenters. The highest BCUT2D eigenvalue weighted by Crippen LogP contribution is 2.31. The van der Waals surface area contributed by atoms with E-state index in [1.807, 2.05) is 0 Å². The summed E-state index contributed by atoms with van der Waals surface area (Å²) in [4.78, 5) is 2.43. The van der Waals surface area contributed by atoms with E-state index in [9.17, 15) is 0 Å². The van der Waals surface area contributed by atoms with Crippen molar-refractivity contribution in [3.8, 4) is 0 Å². The fourth-order valence-corrected chi connectivity index (χ4v) is 3.53. The van der Waals surface area contributed by atoms with Gasteiger partial charge < -0.3 is 10.2 Å². The standard InChI is InChI=1S/C16H25BrN2/c1-19(2)16(9-4-3-5-10-16)13-18-12-14-7-6-8-15(17)11-14/h6-8,11,18H,3-5,9-10,12-13H2,1-2H3. The summed E-state index contributed by atoms with van der Waals surface area (Å²) in [5.74, 6) is 0. The van der Waals surface area contributed by atoms with Crippen molar-refractivity contribution in [2.24, 2.45) is 0 Å². The van der Waals surface area contributed by atoms with Crippen LogP contribution >= 0.6 is 15.9 Å². The molecule has 1 fully saturated rings. The molecule has 1 aromatic carbocycles. The lowest BCUT2D eigenvalue weighted by atomic mass is 9.80. The van der Waals surface area contributed by atoms with E-state index in [4.69, 9.17) is 0 Å². The molecule has 0 bridgehead atoms. The maximum atomic E-state index is 3.66. The van der Waals surface area contributed by atoms with Crippen molar-refractivity contribution in [2.45, 2.75) is 44.2 Å². The average Bonchev–Trinajstić information content (AvgIpc) is 2.40. The Hall–Kier alpha value is -0.380. The van der Waals surface area contributed by atoms with Gasteiger partial charge in [-0.25, -0.2) is 0 Å². The molecule has 3 heteroatoms. The quantitative estimate of drug-likeness (QED) is 0.886. The van der Waals surface area contributed by atoms with Gasteiger partial charge in [0, 0.05) is 23.1 Å². The molecule has 0 amide bonds. The van der Waals surface area contributed by atoms with Gasteiger partial charge in [0.15, 0.2) is 0 Å². The average molecular weight is 325 g/mol. The highest BCUT2D eigenvalue weighted by molar-refractivity contribution is 9.10. The number of rotatable bonds is 5. The summed E-state index contributed by atoms with van der Waals surface area (Å²) in [6, 6.07) is 8.55. The second-order valence-corrected chi connectivity index (χ2v) is 6.83. The van der Waals surface area contributed by atoms with E-state index in [0.29, 0.717) is 5.54 Å². The van der Waals surface area contributed by atoms with Crippen LogP contribution in [0.4, 0.5) is 0 Å². The fraction of sp³-hybridized carbons (Fsp3) is 0.625. The zero-order valence-electron chi connectivity index (χ0n) is 12.1. The molecule has 2 nitrogen and oxygen atoms in total. The lowest BCUT2D eigenvalue weighted by Crippen LogP contribution is -2.52. The molecule has 19 heavy (non-hydrogen) atoms. The SMILES string of the molecule is CN(C)C1(CNCc2cccc(Br)c2)CCCCC1. The molecular formula is C16H25BrN2. The molecule has 0 unspecified atom stereocenters. The van der Waals surface area contributed by atoms with Crippen LogP contribution in [0, 0.1) is 0 Å². The van der Waals surface area contributed by atoms with Crippen LogP contribution in [0.25, 0.3) is 0 Å². The third-order valence-corrected chi connectivity index (χ3v) is 4.90. The van der Waals surface area contributed by atoms with Crippen LogP contribution in [0.1, 0.15) is 37.7 Å². The molecule has 0 aromatic heterocycles. The van der Waals surface area contributed by atoms with Gasteiger partial charge in [-0.15, -0.1) is 0 Å². The zero-order valence-corrected chi connectivity index (χ0v) is 13.7. The molecular weight excluding hydrogens is 300 g/mol. The van der Waals surface area contributed by atoms with E-state index in [2.05, 4.69) is 64.5 Å². The molecule has 1 aliphatic rings. The molecule has 0 spiro atoms. The molecule has 2 rings (SSSR count). The highest BCUT2D eigenvalue weighted by atomic mass is 79.9. The van der Waals surface area contributed by atoms with Crippen LogP contribution < -0.4 is 5.32 Å². The van der Waals surface area contributed by atoms with E-state index >= 15 is 0 Å². The van der Waals surface area contributed by atoms with Gasteiger partial charge in [0.1, 0.15) is 0 Å². The van der Waals surface area contributed by atoms with Gasteiger partial charge >= 0.3 is 0 Å². The van der Waals surface area contributed by atoms with E-state index in [1.165, 1.54) is 37.7 Å². The lowest BCUT2D eigenvalue weighted by molar-refractivity contribution is 0.0984. The Kier molecular flexibility index (Phi) is 5.43. The number of benzene rings is 1. The van der Waals surface area contributed by atoms with Crippen molar-refractivity contribution in [2.75, 3.05) is 20.6 Å². The topological polar surface area (TPSA) is 15.3 Å². The van der Waals surface area contributed by atoms with Crippen molar-refractivity contribution in [3.63, 3.8) is 0 Å². The number of halogens is 1. The summed E-state index contributed by atoms with van der Waals surface area (Å²) in [6.45, 7) is 2.04. The number of hydrogen-bond donors (Lipinski definition) is 1. The van der Waals surface area contributed by atoms with E-state index < -0.39 is 0 Å². The summed E-state index contributed by atoms with van der Waals surface area (Å²) in [6.07, 6.45) is 6.80. The Morgan fingerprint density at radius 1 is 1.21 bits per heavy atom. The first-order chi connectivity index (χ1) is 9.12. The fourth-order valence-electron chi connectivity index (χ4n) is 3.08. The molecule has 0 aliphatic heterocycles. The van der Waals surface area contributed by atoms with Crippen molar-refractivity contribution in [1.82, 2.24) is 10.2 Å². The van der Waals surface area contributed by atoms with Gasteiger partial charge in [0.05, 0.1) is 0 Å². The molecule has 1 aliphatic carbocycles. The predicted octanol–water partition coefficient (Wildman–Crippen LogP) is 3.80. The van der Waals surface area contributed by atoms with Crippen LogP contribution in [0.5, 0.6) is 0 Å². The van der Waals surface area contributed by atoms with Crippen molar-refractivity contribution in [1.29, 1.82) is 0 Å². The van der Waals surface area contributed by atoms with E-state index in [-0.39, 0.29) is 0 Å². The monoisotopic (exact) mass is 324 g/mol. The minimum atomic E-state index is 0.365. The van der Waals surface area contributed by atoms with Gasteiger partial charge in [-0.3, -0.25) is 0 Å². The maximum Gasteiger partial charge on any atom is 0.0328 e. The van der Waals surface area contributed by atoms with Crippen LogP contribution in [-0.4, -0.2) is 31.1 Å². The molecule has 0 heterocycles. The third-order valence-electron chi connectivity index (χ3n) is 4.41.